The number of benzene rings is 8. The highest BCUT2D eigenvalue weighted by Crippen LogP contribution is 2.66. The molecule has 0 bridgehead atoms. The van der Waals surface area contributed by atoms with Crippen molar-refractivity contribution in [2.24, 2.45) is 0 Å². The maximum absolute atomic E-state index is 2.81. The van der Waals surface area contributed by atoms with E-state index in [1.807, 2.05) is 22.7 Å². The Morgan fingerprint density at radius 1 is 0.462 bits per heavy atom. The molecular weight excluding hydrogens is 824 g/mol. The van der Waals surface area contributed by atoms with Crippen molar-refractivity contribution in [1.29, 1.82) is 0 Å². The minimum absolute atomic E-state index is 0.0654. The molecule has 310 valence electrons. The lowest BCUT2D eigenvalue weighted by Gasteiger charge is -2.52. The average Bonchev–Trinajstić information content (AvgIpc) is 3.99. The molecule has 0 N–H and O–H groups in total. The summed E-state index contributed by atoms with van der Waals surface area (Å²) in [7, 11) is 0. The Morgan fingerprint density at radius 2 is 1.05 bits per heavy atom. The standard InChI is InChI=1S/C60H45BN2S2/c1-34-31-46-47(59(4,5)30-29-58(46,2)3)33-49(34)62-55-52-40(32-41-37-19-8-14-27-50(37)64-56(41)55)38-21-16-25-45-54(38)63(61(52)53-39-20-9-15-28-51(39)65-57(53)62)48-26-13-12-24-44(48)60(45)42-22-10-6-17-35(42)36-18-7-11-23-43(36)60/h6-28,31-33H,29-30H2,1-5H3. The number of para-hydroxylation sites is 2. The molecule has 0 fully saturated rings. The summed E-state index contributed by atoms with van der Waals surface area (Å²) < 4.78 is 4.04. The van der Waals surface area contributed by atoms with E-state index in [0.29, 0.717) is 0 Å². The first-order chi connectivity index (χ1) is 31.7. The van der Waals surface area contributed by atoms with Crippen molar-refractivity contribution in [3.8, 4) is 22.3 Å². The van der Waals surface area contributed by atoms with Crippen LogP contribution in [0.25, 0.3) is 52.5 Å². The fraction of sp³-hybridized carbons (Fsp3) is 0.167. The van der Waals surface area contributed by atoms with E-state index in [9.17, 15) is 0 Å². The normalized spacial score (nSPS) is 17.2. The molecule has 5 heteroatoms. The molecule has 5 heterocycles. The number of fused-ring (bicyclic) bond motifs is 20. The number of anilines is 5. The molecule has 1 spiro atoms. The van der Waals surface area contributed by atoms with E-state index >= 15 is 0 Å². The summed E-state index contributed by atoms with van der Waals surface area (Å²) in [5.41, 5.74) is 23.0. The van der Waals surface area contributed by atoms with Gasteiger partial charge in [-0.3, -0.25) is 0 Å². The highest BCUT2D eigenvalue weighted by Gasteiger charge is 2.57. The molecule has 10 aromatic rings. The van der Waals surface area contributed by atoms with Gasteiger partial charge in [-0.1, -0.05) is 155 Å². The highest BCUT2D eigenvalue weighted by atomic mass is 32.1. The third kappa shape index (κ3) is 4.38. The number of hydrogen-bond acceptors (Lipinski definition) is 4. The Kier molecular flexibility index (Phi) is 6.97. The molecule has 5 aliphatic rings. The molecule has 0 saturated heterocycles. The van der Waals surface area contributed by atoms with Crippen LogP contribution in [0.3, 0.4) is 0 Å². The summed E-state index contributed by atoms with van der Waals surface area (Å²) in [6, 6.07) is 61.3. The van der Waals surface area contributed by atoms with Gasteiger partial charge < -0.3 is 9.71 Å². The first-order valence-electron chi connectivity index (χ1n) is 23.3. The summed E-state index contributed by atoms with van der Waals surface area (Å²) in [5, 5.41) is 5.37. The smallest absolute Gasteiger partial charge is 0.334 e. The van der Waals surface area contributed by atoms with Crippen molar-refractivity contribution in [3.05, 3.63) is 197 Å². The van der Waals surface area contributed by atoms with Gasteiger partial charge in [-0.2, -0.15) is 0 Å². The lowest BCUT2D eigenvalue weighted by atomic mass is 9.42. The molecule has 8 aromatic carbocycles. The second-order valence-electron chi connectivity index (χ2n) is 20.6. The van der Waals surface area contributed by atoms with E-state index in [4.69, 9.17) is 0 Å². The van der Waals surface area contributed by atoms with Gasteiger partial charge in [0.05, 0.1) is 26.5 Å². The van der Waals surface area contributed by atoms with E-state index in [1.165, 1.54) is 143 Å². The molecule has 0 atom stereocenters. The van der Waals surface area contributed by atoms with Gasteiger partial charge in [-0.15, -0.1) is 22.7 Å². The molecule has 2 nitrogen and oxygen atoms in total. The van der Waals surface area contributed by atoms with Crippen LogP contribution in [0.15, 0.2) is 158 Å². The van der Waals surface area contributed by atoms with Crippen LogP contribution in [0.2, 0.25) is 0 Å². The summed E-state index contributed by atoms with van der Waals surface area (Å²) in [6.07, 6.45) is 2.38. The highest BCUT2D eigenvalue weighted by molar-refractivity contribution is 7.28. The molecule has 2 aliphatic carbocycles. The zero-order chi connectivity index (χ0) is 43.3. The Morgan fingerprint density at radius 3 is 1.78 bits per heavy atom. The fourth-order valence-corrected chi connectivity index (χ4v) is 15.9. The first-order valence-corrected chi connectivity index (χ1v) is 25.0. The number of thiophene rings is 2. The summed E-state index contributed by atoms with van der Waals surface area (Å²) in [4.78, 5) is 5.57. The lowest BCUT2D eigenvalue weighted by Crippen LogP contribution is -2.62. The molecule has 65 heavy (non-hydrogen) atoms. The minimum Gasteiger partial charge on any atom is -0.376 e. The van der Waals surface area contributed by atoms with Gasteiger partial charge in [0.2, 0.25) is 0 Å². The summed E-state index contributed by atoms with van der Waals surface area (Å²) >= 11 is 3.95. The van der Waals surface area contributed by atoms with Gasteiger partial charge in [0.15, 0.2) is 0 Å². The molecule has 0 unspecified atom stereocenters. The third-order valence-electron chi connectivity index (χ3n) is 16.4. The fourth-order valence-electron chi connectivity index (χ4n) is 13.4. The molecule has 15 rings (SSSR count). The summed E-state index contributed by atoms with van der Waals surface area (Å²) in [6.45, 7) is 12.2. The Hall–Kier alpha value is -6.40. The van der Waals surface area contributed by atoms with Crippen molar-refractivity contribution < 1.29 is 0 Å². The number of aryl methyl sites for hydroxylation is 1. The van der Waals surface area contributed by atoms with Crippen molar-refractivity contribution in [3.63, 3.8) is 0 Å². The van der Waals surface area contributed by atoms with Crippen LogP contribution < -0.4 is 20.6 Å². The monoisotopic (exact) mass is 868 g/mol. The van der Waals surface area contributed by atoms with E-state index in [0.717, 1.165) is 0 Å². The van der Waals surface area contributed by atoms with Crippen LogP contribution in [0.1, 0.15) is 79.5 Å². The van der Waals surface area contributed by atoms with Crippen molar-refractivity contribution in [2.45, 2.75) is 63.7 Å². The molecule has 3 aliphatic heterocycles. The number of nitrogens with zero attached hydrogens (tertiary/aromatic N) is 2. The zero-order valence-corrected chi connectivity index (χ0v) is 38.8. The van der Waals surface area contributed by atoms with E-state index in [2.05, 4.69) is 202 Å². The number of rotatable bonds is 1. The van der Waals surface area contributed by atoms with Gasteiger partial charge in [0, 0.05) is 37.1 Å². The Labute approximate surface area is 388 Å². The van der Waals surface area contributed by atoms with Crippen LogP contribution >= 0.6 is 22.7 Å². The van der Waals surface area contributed by atoms with Gasteiger partial charge in [-0.25, -0.2) is 0 Å². The largest absolute Gasteiger partial charge is 0.376 e. The quantitative estimate of drug-likeness (QED) is 0.152. The van der Waals surface area contributed by atoms with Crippen molar-refractivity contribution in [2.75, 3.05) is 9.71 Å². The van der Waals surface area contributed by atoms with Gasteiger partial charge >= 0.3 is 6.85 Å². The van der Waals surface area contributed by atoms with Crippen LogP contribution in [0.5, 0.6) is 0 Å². The topological polar surface area (TPSA) is 6.48 Å². The summed E-state index contributed by atoms with van der Waals surface area (Å²) in [5.74, 6) is 0. The van der Waals surface area contributed by atoms with Crippen LogP contribution in [0, 0.1) is 6.92 Å². The van der Waals surface area contributed by atoms with Gasteiger partial charge in [-0.05, 0) is 133 Å². The maximum atomic E-state index is 2.81. The van der Waals surface area contributed by atoms with E-state index in [1.54, 1.807) is 0 Å². The molecule has 0 saturated carbocycles. The van der Waals surface area contributed by atoms with Crippen LogP contribution in [0.4, 0.5) is 27.8 Å². The lowest BCUT2D eigenvalue weighted by molar-refractivity contribution is 0.332. The SMILES string of the molecule is Cc1cc2c(cc1N1c3sc4ccccc4c3B3c4c(cc5c(sc6ccccc65)c41)-c1cccc4c1N3c1ccccc1C41c3ccccc3-c3ccccc31)C(C)(C)CCC2(C)C. The Balaban J connectivity index is 1.14. The maximum Gasteiger partial charge on any atom is 0.334 e. The van der Waals surface area contributed by atoms with Gasteiger partial charge in [0.25, 0.3) is 0 Å². The second kappa shape index (κ2) is 12.3. The van der Waals surface area contributed by atoms with E-state index < -0.39 is 5.41 Å². The van der Waals surface area contributed by atoms with Crippen LogP contribution in [-0.2, 0) is 16.2 Å². The molecule has 0 radical (unpaired) electrons. The Bertz CT molecular complexity index is 3740. The van der Waals surface area contributed by atoms with E-state index in [-0.39, 0.29) is 17.7 Å². The molecular formula is C60H45BN2S2. The van der Waals surface area contributed by atoms with Crippen molar-refractivity contribution in [1.82, 2.24) is 0 Å². The second-order valence-corrected chi connectivity index (χ2v) is 22.7. The predicted octanol–water partition coefficient (Wildman–Crippen LogP) is 15.3. The third-order valence-corrected chi connectivity index (χ3v) is 18.8. The van der Waals surface area contributed by atoms with Crippen LogP contribution in [-0.4, -0.2) is 6.85 Å². The zero-order valence-electron chi connectivity index (χ0n) is 37.2. The van der Waals surface area contributed by atoms with Gasteiger partial charge in [0.1, 0.15) is 0 Å². The number of hydrogen-bond donors (Lipinski definition) is 0. The molecule has 2 aromatic heterocycles. The molecule has 0 amide bonds. The first kappa shape index (κ1) is 36.9. The van der Waals surface area contributed by atoms with Crippen molar-refractivity contribution >= 4 is 98.5 Å². The average molecular weight is 869 g/mol. The minimum atomic E-state index is -0.480. The predicted molar refractivity (Wildman–Crippen MR) is 279 cm³/mol.